The monoisotopic (exact) mass is 212 g/mol. The highest BCUT2D eigenvalue weighted by Gasteiger charge is 2.13. The van der Waals surface area contributed by atoms with Crippen LogP contribution in [0.5, 0.6) is 5.75 Å². The second-order valence-electron chi connectivity index (χ2n) is 3.69. The third kappa shape index (κ3) is 1.71. The van der Waals surface area contributed by atoms with E-state index in [4.69, 9.17) is 11.0 Å². The summed E-state index contributed by atoms with van der Waals surface area (Å²) in [4.78, 5) is 0. The highest BCUT2D eigenvalue weighted by atomic mass is 16.3. The molecule has 0 heterocycles. The average Bonchev–Trinajstić information content (AvgIpc) is 2.29. The van der Waals surface area contributed by atoms with Crippen molar-refractivity contribution in [3.05, 3.63) is 42.0 Å². The molecule has 16 heavy (non-hydrogen) atoms. The fourth-order valence-electron chi connectivity index (χ4n) is 1.87. The third-order valence-corrected chi connectivity index (χ3v) is 2.63. The Bertz CT molecular complexity index is 557. The lowest BCUT2D eigenvalue weighted by molar-refractivity contribution is 0.463. The van der Waals surface area contributed by atoms with Crippen LogP contribution < -0.4 is 5.73 Å². The van der Waals surface area contributed by atoms with Gasteiger partial charge in [0.05, 0.1) is 12.5 Å². The molecule has 0 bridgehead atoms. The fourth-order valence-corrected chi connectivity index (χ4v) is 1.87. The molecule has 1 atom stereocenters. The van der Waals surface area contributed by atoms with E-state index in [1.807, 2.05) is 36.4 Å². The van der Waals surface area contributed by atoms with Crippen LogP contribution >= 0.6 is 0 Å². The number of nitriles is 1. The minimum Gasteiger partial charge on any atom is -0.508 e. The highest BCUT2D eigenvalue weighted by molar-refractivity contribution is 5.88. The van der Waals surface area contributed by atoms with E-state index in [9.17, 15) is 5.11 Å². The van der Waals surface area contributed by atoms with Crippen molar-refractivity contribution in [1.82, 2.24) is 0 Å². The van der Waals surface area contributed by atoms with Crippen molar-refractivity contribution >= 4 is 10.8 Å². The molecule has 0 aromatic heterocycles. The van der Waals surface area contributed by atoms with Crippen LogP contribution in [0.15, 0.2) is 36.4 Å². The van der Waals surface area contributed by atoms with Crippen LogP contribution in [0.25, 0.3) is 10.8 Å². The number of fused-ring (bicyclic) bond motifs is 1. The van der Waals surface area contributed by atoms with Crippen molar-refractivity contribution in [2.45, 2.75) is 12.5 Å². The van der Waals surface area contributed by atoms with E-state index in [0.717, 1.165) is 10.8 Å². The van der Waals surface area contributed by atoms with Crippen molar-refractivity contribution in [3.8, 4) is 11.8 Å². The molecule has 2 aromatic carbocycles. The van der Waals surface area contributed by atoms with Crippen molar-refractivity contribution < 1.29 is 5.11 Å². The Hall–Kier alpha value is -2.05. The van der Waals surface area contributed by atoms with Crippen molar-refractivity contribution in [3.63, 3.8) is 0 Å². The van der Waals surface area contributed by atoms with Gasteiger partial charge < -0.3 is 10.8 Å². The second-order valence-corrected chi connectivity index (χ2v) is 3.69. The molecule has 80 valence electrons. The maximum atomic E-state index is 9.82. The minimum absolute atomic E-state index is 0.154. The number of aromatic hydroxyl groups is 1. The number of nitrogens with two attached hydrogens (primary N) is 1. The first-order valence-corrected chi connectivity index (χ1v) is 5.07. The van der Waals surface area contributed by atoms with Crippen LogP contribution in [0, 0.1) is 11.3 Å². The summed E-state index contributed by atoms with van der Waals surface area (Å²) in [5, 5.41) is 20.4. The van der Waals surface area contributed by atoms with Crippen LogP contribution in [-0.4, -0.2) is 5.11 Å². The standard InChI is InChI=1S/C13H12N2O/c14-8-7-11(15)13-10-4-2-1-3-9(10)5-6-12(13)16/h1-6,11,16H,7,15H2/t11-/m0/s1. The molecular weight excluding hydrogens is 200 g/mol. The number of nitrogens with zero attached hydrogens (tertiary/aromatic N) is 1. The number of benzene rings is 2. The predicted octanol–water partition coefficient (Wildman–Crippen LogP) is 2.46. The van der Waals surface area contributed by atoms with Gasteiger partial charge in [-0.1, -0.05) is 30.3 Å². The van der Waals surface area contributed by atoms with Gasteiger partial charge in [-0.3, -0.25) is 0 Å². The molecule has 2 rings (SSSR count). The number of rotatable bonds is 2. The van der Waals surface area contributed by atoms with Crippen LogP contribution in [0.3, 0.4) is 0 Å². The highest BCUT2D eigenvalue weighted by Crippen LogP contribution is 2.32. The zero-order valence-electron chi connectivity index (χ0n) is 8.72. The van der Waals surface area contributed by atoms with Gasteiger partial charge in [0, 0.05) is 11.6 Å². The minimum atomic E-state index is -0.448. The van der Waals surface area contributed by atoms with Gasteiger partial charge in [-0.25, -0.2) is 0 Å². The summed E-state index contributed by atoms with van der Waals surface area (Å²) in [5.41, 5.74) is 6.54. The predicted molar refractivity (Wildman–Crippen MR) is 62.8 cm³/mol. The van der Waals surface area contributed by atoms with Gasteiger partial charge in [0.15, 0.2) is 0 Å². The first-order valence-electron chi connectivity index (χ1n) is 5.07. The third-order valence-electron chi connectivity index (χ3n) is 2.63. The van der Waals surface area contributed by atoms with E-state index >= 15 is 0 Å². The Kier molecular flexibility index (Phi) is 2.76. The smallest absolute Gasteiger partial charge is 0.121 e. The lowest BCUT2D eigenvalue weighted by Crippen LogP contribution is -2.10. The topological polar surface area (TPSA) is 70.0 Å². The molecule has 0 spiro atoms. The molecule has 0 saturated heterocycles. The zero-order valence-corrected chi connectivity index (χ0v) is 8.72. The molecular formula is C13H12N2O. The van der Waals surface area contributed by atoms with Gasteiger partial charge in [0.25, 0.3) is 0 Å². The van der Waals surface area contributed by atoms with E-state index in [1.54, 1.807) is 6.07 Å². The summed E-state index contributed by atoms with van der Waals surface area (Å²) in [7, 11) is 0. The second kappa shape index (κ2) is 4.21. The molecule has 0 fully saturated rings. The molecule has 0 radical (unpaired) electrons. The molecule has 3 N–H and O–H groups in total. The van der Waals surface area contributed by atoms with E-state index in [0.29, 0.717) is 5.56 Å². The van der Waals surface area contributed by atoms with E-state index < -0.39 is 6.04 Å². The average molecular weight is 212 g/mol. The maximum Gasteiger partial charge on any atom is 0.121 e. The molecule has 3 nitrogen and oxygen atoms in total. The van der Waals surface area contributed by atoms with Crippen molar-refractivity contribution in [2.24, 2.45) is 5.73 Å². The summed E-state index contributed by atoms with van der Waals surface area (Å²) >= 11 is 0. The molecule has 0 aliphatic carbocycles. The molecule has 0 aliphatic heterocycles. The number of hydrogen-bond donors (Lipinski definition) is 2. The summed E-state index contributed by atoms with van der Waals surface area (Å²) in [6.07, 6.45) is 0.196. The Morgan fingerprint density at radius 3 is 2.75 bits per heavy atom. The SMILES string of the molecule is N#CC[C@H](N)c1c(O)ccc2ccccc12. The number of phenols is 1. The van der Waals surface area contributed by atoms with Crippen molar-refractivity contribution in [2.75, 3.05) is 0 Å². The Balaban J connectivity index is 2.66. The maximum absolute atomic E-state index is 9.82. The fraction of sp³-hybridized carbons (Fsp3) is 0.154. The quantitative estimate of drug-likeness (QED) is 0.803. The summed E-state index contributed by atoms with van der Waals surface area (Å²) in [6, 6.07) is 12.7. The lowest BCUT2D eigenvalue weighted by atomic mass is 9.96. The van der Waals surface area contributed by atoms with Gasteiger partial charge in [-0.05, 0) is 16.8 Å². The summed E-state index contributed by atoms with van der Waals surface area (Å²) in [6.45, 7) is 0. The first-order chi connectivity index (χ1) is 7.74. The molecule has 2 aromatic rings. The molecule has 0 aliphatic rings. The summed E-state index contributed by atoms with van der Waals surface area (Å²) in [5.74, 6) is 0.154. The first kappa shape index (κ1) is 10.5. The molecule has 0 amide bonds. The van der Waals surface area contributed by atoms with Crippen LogP contribution in [0.1, 0.15) is 18.0 Å². The van der Waals surface area contributed by atoms with Crippen LogP contribution in [0.2, 0.25) is 0 Å². The Morgan fingerprint density at radius 2 is 2.00 bits per heavy atom. The van der Waals surface area contributed by atoms with Gasteiger partial charge in [-0.2, -0.15) is 5.26 Å². The van der Waals surface area contributed by atoms with Gasteiger partial charge in [-0.15, -0.1) is 0 Å². The number of hydrogen-bond acceptors (Lipinski definition) is 3. The largest absolute Gasteiger partial charge is 0.508 e. The molecule has 3 heteroatoms. The van der Waals surface area contributed by atoms with Gasteiger partial charge in [0.2, 0.25) is 0 Å². The van der Waals surface area contributed by atoms with Crippen molar-refractivity contribution in [1.29, 1.82) is 5.26 Å². The van der Waals surface area contributed by atoms with E-state index in [1.165, 1.54) is 0 Å². The van der Waals surface area contributed by atoms with Gasteiger partial charge in [0.1, 0.15) is 5.75 Å². The summed E-state index contributed by atoms with van der Waals surface area (Å²) < 4.78 is 0. The van der Waals surface area contributed by atoms with Crippen LogP contribution in [-0.2, 0) is 0 Å². The van der Waals surface area contributed by atoms with E-state index in [-0.39, 0.29) is 12.2 Å². The Morgan fingerprint density at radius 1 is 1.25 bits per heavy atom. The normalized spacial score (nSPS) is 12.2. The zero-order chi connectivity index (χ0) is 11.5. The van der Waals surface area contributed by atoms with E-state index in [2.05, 4.69) is 0 Å². The molecule has 0 saturated carbocycles. The van der Waals surface area contributed by atoms with Gasteiger partial charge >= 0.3 is 0 Å². The number of phenolic OH excluding ortho intramolecular Hbond substituents is 1. The van der Waals surface area contributed by atoms with Crippen LogP contribution in [0.4, 0.5) is 0 Å². The Labute approximate surface area is 93.7 Å². The lowest BCUT2D eigenvalue weighted by Gasteiger charge is -2.13. The molecule has 0 unspecified atom stereocenters.